The molecule has 2 N–H and O–H groups in total. The molecule has 1 aromatic heterocycles. The van der Waals surface area contributed by atoms with Gasteiger partial charge in [-0.05, 0) is 19.3 Å². The van der Waals surface area contributed by atoms with E-state index in [2.05, 4.69) is 10.2 Å². The third-order valence-electron chi connectivity index (χ3n) is 5.24. The van der Waals surface area contributed by atoms with Gasteiger partial charge in [0.15, 0.2) is 0 Å². The van der Waals surface area contributed by atoms with E-state index in [1.165, 1.54) is 11.8 Å². The molecule has 0 aliphatic carbocycles. The predicted octanol–water partition coefficient (Wildman–Crippen LogP) is 3.16. The lowest BCUT2D eigenvalue weighted by Gasteiger charge is -2.33. The zero-order chi connectivity index (χ0) is 21.6. The number of thioether (sulfide) groups is 1. The second-order valence-electron chi connectivity index (χ2n) is 7.31. The Morgan fingerprint density at radius 3 is 2.23 bits per heavy atom. The number of hydrogen-bond acceptors (Lipinski definition) is 6. The van der Waals surface area contributed by atoms with Crippen molar-refractivity contribution in [3.05, 3.63) is 60.7 Å². The summed E-state index contributed by atoms with van der Waals surface area (Å²) in [5.41, 5.74) is 8.73. The van der Waals surface area contributed by atoms with Crippen molar-refractivity contribution >= 4 is 23.6 Å². The van der Waals surface area contributed by atoms with E-state index in [4.69, 9.17) is 10.7 Å². The molecule has 1 atom stereocenters. The van der Waals surface area contributed by atoms with Gasteiger partial charge in [0, 0.05) is 17.7 Å². The number of primary amides is 1. The Morgan fingerprint density at radius 1 is 0.935 bits per heavy atom. The monoisotopic (exact) mass is 433 g/mol. The van der Waals surface area contributed by atoms with E-state index in [-0.39, 0.29) is 11.7 Å². The van der Waals surface area contributed by atoms with Gasteiger partial charge in [-0.2, -0.15) is 0 Å². The predicted molar refractivity (Wildman–Crippen MR) is 120 cm³/mol. The Hall–Kier alpha value is -3.26. The summed E-state index contributed by atoms with van der Waals surface area (Å²) in [5, 5.41) is 9.09. The van der Waals surface area contributed by atoms with Gasteiger partial charge in [0.25, 0.3) is 0 Å². The Labute approximate surface area is 185 Å². The van der Waals surface area contributed by atoms with Crippen molar-refractivity contribution in [2.24, 2.45) is 5.73 Å². The van der Waals surface area contributed by atoms with Crippen LogP contribution in [-0.2, 0) is 9.59 Å². The minimum atomic E-state index is -0.527. The first-order chi connectivity index (χ1) is 15.1. The minimum Gasteiger partial charge on any atom is -0.368 e. The molecule has 0 radical (unpaired) electrons. The lowest BCUT2D eigenvalue weighted by molar-refractivity contribution is -0.138. The zero-order valence-corrected chi connectivity index (χ0v) is 17.8. The molecule has 0 spiro atoms. The van der Waals surface area contributed by atoms with Gasteiger partial charge in [-0.15, -0.1) is 10.2 Å². The van der Waals surface area contributed by atoms with Crippen molar-refractivity contribution in [2.45, 2.75) is 30.5 Å². The van der Waals surface area contributed by atoms with Crippen molar-refractivity contribution < 1.29 is 9.59 Å². The Bertz CT molecular complexity index is 1060. The first kappa shape index (κ1) is 21.0. The molecule has 0 bridgehead atoms. The number of benzene rings is 2. The van der Waals surface area contributed by atoms with Gasteiger partial charge in [0.2, 0.25) is 17.0 Å². The first-order valence-corrected chi connectivity index (χ1v) is 11.2. The van der Waals surface area contributed by atoms with Crippen LogP contribution in [0, 0.1) is 0 Å². The van der Waals surface area contributed by atoms with E-state index in [9.17, 15) is 9.59 Å². The molecule has 4 rings (SSSR count). The van der Waals surface area contributed by atoms with E-state index >= 15 is 0 Å². The molecular weight excluding hydrogens is 410 g/mol. The third kappa shape index (κ3) is 4.91. The van der Waals surface area contributed by atoms with Gasteiger partial charge in [-0.3, -0.25) is 9.59 Å². The van der Waals surface area contributed by atoms with Gasteiger partial charge in [-0.1, -0.05) is 72.4 Å². The maximum absolute atomic E-state index is 12.8. The number of likely N-dealkylation sites (tertiary alicyclic amines) is 1. The van der Waals surface area contributed by atoms with E-state index in [0.29, 0.717) is 29.5 Å². The number of nitrogens with zero attached hydrogens (tertiary/aromatic N) is 4. The van der Waals surface area contributed by atoms with E-state index < -0.39 is 11.9 Å². The molecule has 1 fully saturated rings. The highest BCUT2D eigenvalue weighted by Crippen LogP contribution is 2.30. The normalized spacial score (nSPS) is 16.1. The third-order valence-corrected chi connectivity index (χ3v) is 6.06. The molecule has 2 heterocycles. The first-order valence-electron chi connectivity index (χ1n) is 10.2. The quantitative estimate of drug-likeness (QED) is 0.599. The summed E-state index contributed by atoms with van der Waals surface area (Å²) in [6, 6.07) is 19.0. The van der Waals surface area contributed by atoms with Crippen LogP contribution in [0.5, 0.6) is 0 Å². The summed E-state index contributed by atoms with van der Waals surface area (Å²) in [6.07, 6.45) is 2.40. The Kier molecular flexibility index (Phi) is 6.57. The average molecular weight is 434 g/mol. The maximum atomic E-state index is 12.8. The molecule has 0 unspecified atom stereocenters. The highest BCUT2D eigenvalue weighted by atomic mass is 32.2. The van der Waals surface area contributed by atoms with Crippen LogP contribution in [0.15, 0.2) is 65.8 Å². The van der Waals surface area contributed by atoms with Crippen LogP contribution in [-0.4, -0.2) is 50.2 Å². The maximum Gasteiger partial charge on any atom is 0.240 e. The van der Waals surface area contributed by atoms with Gasteiger partial charge in [-0.25, -0.2) is 4.98 Å². The summed E-state index contributed by atoms with van der Waals surface area (Å²) in [5.74, 6) is -0.454. The second-order valence-corrected chi connectivity index (χ2v) is 8.26. The number of amides is 2. The lowest BCUT2D eigenvalue weighted by atomic mass is 10.0. The molecule has 0 saturated carbocycles. The van der Waals surface area contributed by atoms with Crippen molar-refractivity contribution in [1.82, 2.24) is 20.1 Å². The van der Waals surface area contributed by atoms with E-state index in [1.54, 1.807) is 4.90 Å². The van der Waals surface area contributed by atoms with Crippen LogP contribution in [0.1, 0.15) is 19.3 Å². The molecule has 2 amide bonds. The van der Waals surface area contributed by atoms with Crippen LogP contribution in [0.25, 0.3) is 22.5 Å². The highest BCUT2D eigenvalue weighted by molar-refractivity contribution is 7.99. The summed E-state index contributed by atoms with van der Waals surface area (Å²) >= 11 is 1.22. The van der Waals surface area contributed by atoms with Gasteiger partial charge in [0.05, 0.1) is 5.75 Å². The van der Waals surface area contributed by atoms with Crippen molar-refractivity contribution in [2.75, 3.05) is 12.3 Å². The standard InChI is InChI=1S/C23H23N5O2S/c24-22(30)18-13-7-8-14-28(18)19(29)15-31-23-25-20(16-9-3-1-4-10-16)21(26-27-23)17-11-5-2-6-12-17/h1-6,9-12,18H,7-8,13-15H2,(H2,24,30)/t18-/m1/s1. The van der Waals surface area contributed by atoms with Crippen LogP contribution in [0.4, 0.5) is 0 Å². The molecule has 158 valence electrons. The lowest BCUT2D eigenvalue weighted by Crippen LogP contribution is -2.51. The molecule has 2 aromatic carbocycles. The molecule has 1 aliphatic rings. The summed E-state index contributed by atoms with van der Waals surface area (Å²) in [6.45, 7) is 0.550. The summed E-state index contributed by atoms with van der Waals surface area (Å²) < 4.78 is 0. The number of carbonyl (C=O) groups is 2. The fourth-order valence-electron chi connectivity index (χ4n) is 3.70. The number of hydrogen-bond donors (Lipinski definition) is 1. The van der Waals surface area contributed by atoms with Crippen molar-refractivity contribution in [1.29, 1.82) is 0 Å². The number of aromatic nitrogens is 3. The van der Waals surface area contributed by atoms with Crippen LogP contribution < -0.4 is 5.73 Å². The van der Waals surface area contributed by atoms with Crippen molar-refractivity contribution in [3.8, 4) is 22.5 Å². The zero-order valence-electron chi connectivity index (χ0n) is 17.0. The molecule has 3 aromatic rings. The molecule has 1 saturated heterocycles. The molecule has 1 aliphatic heterocycles. The topological polar surface area (TPSA) is 102 Å². The summed E-state index contributed by atoms with van der Waals surface area (Å²) in [4.78, 5) is 30.8. The summed E-state index contributed by atoms with van der Waals surface area (Å²) in [7, 11) is 0. The SMILES string of the molecule is NC(=O)[C@H]1CCCCN1C(=O)CSc1nnc(-c2ccccc2)c(-c2ccccc2)n1. The molecule has 8 heteroatoms. The van der Waals surface area contributed by atoms with Crippen LogP contribution in [0.2, 0.25) is 0 Å². The Morgan fingerprint density at radius 2 is 1.58 bits per heavy atom. The largest absolute Gasteiger partial charge is 0.368 e. The van der Waals surface area contributed by atoms with E-state index in [0.717, 1.165) is 24.0 Å². The van der Waals surface area contributed by atoms with Crippen LogP contribution >= 0.6 is 11.8 Å². The van der Waals surface area contributed by atoms with Gasteiger partial charge in [0.1, 0.15) is 17.4 Å². The van der Waals surface area contributed by atoms with Crippen LogP contribution in [0.3, 0.4) is 0 Å². The molecule has 31 heavy (non-hydrogen) atoms. The number of nitrogens with two attached hydrogens (primary N) is 1. The van der Waals surface area contributed by atoms with Crippen molar-refractivity contribution in [3.63, 3.8) is 0 Å². The smallest absolute Gasteiger partial charge is 0.240 e. The number of piperidine rings is 1. The van der Waals surface area contributed by atoms with Gasteiger partial charge >= 0.3 is 0 Å². The average Bonchev–Trinajstić information content (AvgIpc) is 2.83. The van der Waals surface area contributed by atoms with E-state index in [1.807, 2.05) is 60.7 Å². The fraction of sp³-hybridized carbons (Fsp3) is 0.261. The minimum absolute atomic E-state index is 0.129. The Balaban J connectivity index is 1.57. The number of rotatable bonds is 6. The molecular formula is C23H23N5O2S. The fourth-order valence-corrected chi connectivity index (χ4v) is 4.37. The highest BCUT2D eigenvalue weighted by Gasteiger charge is 2.30. The molecule has 7 nitrogen and oxygen atoms in total. The second kappa shape index (κ2) is 9.70. The number of carbonyl (C=O) groups excluding carboxylic acids is 2. The van der Waals surface area contributed by atoms with Gasteiger partial charge < -0.3 is 10.6 Å².